The minimum Gasteiger partial charge on any atom is -0.295 e. The second-order valence-corrected chi connectivity index (χ2v) is 5.86. The summed E-state index contributed by atoms with van der Waals surface area (Å²) in [6, 6.07) is 9.88. The lowest BCUT2D eigenvalue weighted by molar-refractivity contribution is 0.101. The van der Waals surface area contributed by atoms with E-state index in [1.165, 1.54) is 19.2 Å². The van der Waals surface area contributed by atoms with E-state index in [2.05, 4.69) is 15.2 Å². The smallest absolute Gasteiger partial charge is 0.183 e. The lowest BCUT2D eigenvalue weighted by Crippen LogP contribution is -1.90. The van der Waals surface area contributed by atoms with E-state index in [-0.39, 0.29) is 17.5 Å². The molecule has 0 saturated heterocycles. The number of rotatable bonds is 4. The van der Waals surface area contributed by atoms with Gasteiger partial charge in [-0.1, -0.05) is 26.0 Å². The first-order valence-corrected chi connectivity index (χ1v) is 7.66. The highest BCUT2D eigenvalue weighted by atomic mass is 19.1. The van der Waals surface area contributed by atoms with Crippen molar-refractivity contribution in [2.45, 2.75) is 26.7 Å². The number of carbonyl (C=O) groups is 1. The molecule has 0 saturated carbocycles. The van der Waals surface area contributed by atoms with Gasteiger partial charge in [-0.3, -0.25) is 9.20 Å². The largest absolute Gasteiger partial charge is 0.295 e. The molecule has 0 N–H and O–H groups in total. The Hall–Kier alpha value is -2.89. The molecule has 6 heteroatoms. The Morgan fingerprint density at radius 2 is 2.00 bits per heavy atom. The third-order valence-corrected chi connectivity index (χ3v) is 3.64. The molecule has 0 aliphatic carbocycles. The highest BCUT2D eigenvalue weighted by Crippen LogP contribution is 2.29. The molecule has 122 valence electrons. The molecule has 3 aromatic rings. The van der Waals surface area contributed by atoms with Crippen molar-refractivity contribution >= 4 is 22.9 Å². The minimum atomic E-state index is -0.370. The van der Waals surface area contributed by atoms with Crippen LogP contribution in [-0.4, -0.2) is 15.2 Å². The van der Waals surface area contributed by atoms with Gasteiger partial charge in [0.25, 0.3) is 0 Å². The number of Topliss-reactive ketones (excluding diaryl/α,β-unsaturated/α-hetero) is 1. The molecule has 0 atom stereocenters. The number of fused-ring (bicyclic) bond motifs is 1. The van der Waals surface area contributed by atoms with E-state index in [0.717, 1.165) is 5.69 Å². The lowest BCUT2D eigenvalue weighted by Gasteiger charge is -2.02. The number of imidazole rings is 1. The van der Waals surface area contributed by atoms with Gasteiger partial charge in [0.05, 0.1) is 11.4 Å². The zero-order valence-corrected chi connectivity index (χ0v) is 13.7. The zero-order chi connectivity index (χ0) is 17.3. The van der Waals surface area contributed by atoms with Crippen LogP contribution in [0, 0.1) is 5.82 Å². The molecule has 0 unspecified atom stereocenters. The predicted molar refractivity (Wildman–Crippen MR) is 89.9 cm³/mol. The van der Waals surface area contributed by atoms with E-state index >= 15 is 0 Å². The number of carbonyl (C=O) groups excluding carboxylic acids is 1. The van der Waals surface area contributed by atoms with Crippen LogP contribution in [0.15, 0.2) is 52.8 Å². The van der Waals surface area contributed by atoms with Gasteiger partial charge in [0.1, 0.15) is 11.5 Å². The SMILES string of the molecule is CC(=O)c1cccc(N=Nc2c(C(C)C)nc3ccc(F)cn23)c1. The summed E-state index contributed by atoms with van der Waals surface area (Å²) in [6.45, 7) is 5.49. The van der Waals surface area contributed by atoms with Crippen molar-refractivity contribution in [1.82, 2.24) is 9.38 Å². The van der Waals surface area contributed by atoms with Gasteiger partial charge < -0.3 is 0 Å². The Bertz CT molecular complexity index is 943. The molecule has 2 heterocycles. The molecular weight excluding hydrogens is 307 g/mol. The first kappa shape index (κ1) is 16.0. The maximum Gasteiger partial charge on any atom is 0.183 e. The number of pyridine rings is 1. The lowest BCUT2D eigenvalue weighted by atomic mass is 10.1. The number of ketones is 1. The van der Waals surface area contributed by atoms with E-state index in [9.17, 15) is 9.18 Å². The fourth-order valence-electron chi connectivity index (χ4n) is 2.40. The monoisotopic (exact) mass is 324 g/mol. The van der Waals surface area contributed by atoms with E-state index in [0.29, 0.717) is 22.7 Å². The number of azo groups is 1. The molecule has 0 spiro atoms. The quantitative estimate of drug-likeness (QED) is 0.488. The van der Waals surface area contributed by atoms with Crippen molar-refractivity contribution in [3.8, 4) is 0 Å². The van der Waals surface area contributed by atoms with E-state index in [1.54, 1.807) is 34.7 Å². The number of hydrogen-bond acceptors (Lipinski definition) is 4. The van der Waals surface area contributed by atoms with Crippen LogP contribution in [0.25, 0.3) is 5.65 Å². The average Bonchev–Trinajstić information content (AvgIpc) is 2.91. The number of benzene rings is 1. The summed E-state index contributed by atoms with van der Waals surface area (Å²) in [5.74, 6) is 0.204. The normalized spacial score (nSPS) is 11.7. The molecule has 24 heavy (non-hydrogen) atoms. The third kappa shape index (κ3) is 3.08. The molecule has 0 aliphatic rings. The molecule has 5 nitrogen and oxygen atoms in total. The Morgan fingerprint density at radius 3 is 2.71 bits per heavy atom. The van der Waals surface area contributed by atoms with Crippen molar-refractivity contribution in [3.05, 3.63) is 59.7 Å². The number of hydrogen-bond donors (Lipinski definition) is 0. The molecule has 0 aliphatic heterocycles. The van der Waals surface area contributed by atoms with Crippen LogP contribution in [0.5, 0.6) is 0 Å². The minimum absolute atomic E-state index is 0.0354. The standard InChI is InChI=1S/C18H17FN4O/c1-11(2)17-18(23-10-14(19)7-8-16(23)20-17)22-21-15-6-4-5-13(9-15)12(3)24/h4-11H,1-3H3. The van der Waals surface area contributed by atoms with Crippen molar-refractivity contribution in [1.29, 1.82) is 0 Å². The van der Waals surface area contributed by atoms with Crippen molar-refractivity contribution in [2.24, 2.45) is 10.2 Å². The number of nitrogens with zero attached hydrogens (tertiary/aromatic N) is 4. The van der Waals surface area contributed by atoms with Gasteiger partial charge in [-0.15, -0.1) is 10.2 Å². The molecule has 0 radical (unpaired) electrons. The van der Waals surface area contributed by atoms with E-state index in [1.807, 2.05) is 13.8 Å². The van der Waals surface area contributed by atoms with Gasteiger partial charge in [0.15, 0.2) is 11.6 Å². The Labute approximate surface area is 138 Å². The number of aromatic nitrogens is 2. The zero-order valence-electron chi connectivity index (χ0n) is 13.7. The summed E-state index contributed by atoms with van der Waals surface area (Å²) in [4.78, 5) is 16.0. The van der Waals surface area contributed by atoms with Gasteiger partial charge >= 0.3 is 0 Å². The van der Waals surface area contributed by atoms with E-state index in [4.69, 9.17) is 0 Å². The maximum atomic E-state index is 13.6. The molecule has 1 aromatic carbocycles. The van der Waals surface area contributed by atoms with E-state index < -0.39 is 0 Å². The van der Waals surface area contributed by atoms with Crippen LogP contribution >= 0.6 is 0 Å². The molecule has 0 amide bonds. The highest BCUT2D eigenvalue weighted by molar-refractivity contribution is 5.94. The van der Waals surface area contributed by atoms with Gasteiger partial charge in [-0.05, 0) is 37.1 Å². The summed E-state index contributed by atoms with van der Waals surface area (Å²) >= 11 is 0. The van der Waals surface area contributed by atoms with Gasteiger partial charge in [0.2, 0.25) is 0 Å². The summed E-state index contributed by atoms with van der Waals surface area (Å²) in [5, 5.41) is 8.48. The summed E-state index contributed by atoms with van der Waals surface area (Å²) in [5.41, 5.74) is 2.49. The first-order chi connectivity index (χ1) is 11.5. The highest BCUT2D eigenvalue weighted by Gasteiger charge is 2.15. The van der Waals surface area contributed by atoms with Crippen LogP contribution in [0.3, 0.4) is 0 Å². The van der Waals surface area contributed by atoms with Crippen LogP contribution in [0.4, 0.5) is 15.9 Å². The Kier molecular flexibility index (Phi) is 4.20. The van der Waals surface area contributed by atoms with Gasteiger partial charge in [-0.25, -0.2) is 9.37 Å². The molecule has 3 rings (SSSR count). The van der Waals surface area contributed by atoms with Gasteiger partial charge in [0, 0.05) is 11.8 Å². The van der Waals surface area contributed by atoms with Crippen LogP contribution in [-0.2, 0) is 0 Å². The van der Waals surface area contributed by atoms with Crippen LogP contribution < -0.4 is 0 Å². The Morgan fingerprint density at radius 1 is 1.21 bits per heavy atom. The summed E-state index contributed by atoms with van der Waals surface area (Å²) in [7, 11) is 0. The first-order valence-electron chi connectivity index (χ1n) is 7.66. The van der Waals surface area contributed by atoms with Crippen molar-refractivity contribution in [3.63, 3.8) is 0 Å². The van der Waals surface area contributed by atoms with Crippen molar-refractivity contribution in [2.75, 3.05) is 0 Å². The molecule has 0 fully saturated rings. The number of halogens is 1. The molecule has 0 bridgehead atoms. The second-order valence-electron chi connectivity index (χ2n) is 5.86. The fraction of sp³-hybridized carbons (Fsp3) is 0.222. The fourth-order valence-corrected chi connectivity index (χ4v) is 2.40. The molecular formula is C18H17FN4O. The van der Waals surface area contributed by atoms with Crippen LogP contribution in [0.1, 0.15) is 42.7 Å². The van der Waals surface area contributed by atoms with Crippen LogP contribution in [0.2, 0.25) is 0 Å². The van der Waals surface area contributed by atoms with Gasteiger partial charge in [-0.2, -0.15) is 0 Å². The topological polar surface area (TPSA) is 59.1 Å². The molecule has 2 aromatic heterocycles. The average molecular weight is 324 g/mol. The predicted octanol–water partition coefficient (Wildman–Crippen LogP) is 5.21. The van der Waals surface area contributed by atoms with Crippen molar-refractivity contribution < 1.29 is 9.18 Å². The Balaban J connectivity index is 2.08. The third-order valence-electron chi connectivity index (χ3n) is 3.64. The second kappa shape index (κ2) is 6.31. The maximum absolute atomic E-state index is 13.6. The summed E-state index contributed by atoms with van der Waals surface area (Å²) < 4.78 is 15.2. The summed E-state index contributed by atoms with van der Waals surface area (Å²) in [6.07, 6.45) is 1.34.